The van der Waals surface area contributed by atoms with Gasteiger partial charge in [-0.3, -0.25) is 0 Å². The van der Waals surface area contributed by atoms with Gasteiger partial charge in [-0.2, -0.15) is 5.10 Å². The van der Waals surface area contributed by atoms with Crippen molar-refractivity contribution in [3.8, 4) is 11.1 Å². The lowest BCUT2D eigenvalue weighted by atomic mass is 10.1. The van der Waals surface area contributed by atoms with E-state index in [4.69, 9.17) is 34.8 Å². The van der Waals surface area contributed by atoms with Crippen LogP contribution in [0.15, 0.2) is 30.3 Å². The number of nitrogens with zero attached hydrogens (tertiary/aromatic N) is 3. The summed E-state index contributed by atoms with van der Waals surface area (Å²) in [6.45, 7) is 1.90. The molecule has 0 radical (unpaired) electrons. The first kappa shape index (κ1) is 12.7. The summed E-state index contributed by atoms with van der Waals surface area (Å²) in [5, 5.41) is 5.79. The van der Waals surface area contributed by atoms with Crippen molar-refractivity contribution in [3.05, 3.63) is 51.4 Å². The molecule has 96 valence electrons. The second-order valence-corrected chi connectivity index (χ2v) is 5.32. The van der Waals surface area contributed by atoms with Crippen LogP contribution in [0, 0.1) is 6.92 Å². The number of halogens is 3. The molecule has 0 atom stereocenters. The van der Waals surface area contributed by atoms with E-state index in [1.807, 2.05) is 31.2 Å². The van der Waals surface area contributed by atoms with Crippen LogP contribution in [0.2, 0.25) is 15.3 Å². The van der Waals surface area contributed by atoms with E-state index >= 15 is 0 Å². The molecule has 3 aromatic rings. The molecule has 0 saturated heterocycles. The van der Waals surface area contributed by atoms with Gasteiger partial charge in [-0.05, 0) is 24.6 Å². The Labute approximate surface area is 124 Å². The van der Waals surface area contributed by atoms with Crippen LogP contribution < -0.4 is 0 Å². The summed E-state index contributed by atoms with van der Waals surface area (Å²) in [5.41, 5.74) is 3.26. The minimum atomic E-state index is 0.334. The van der Waals surface area contributed by atoms with Crippen LogP contribution in [0.3, 0.4) is 0 Å². The van der Waals surface area contributed by atoms with E-state index in [0.29, 0.717) is 21.0 Å². The van der Waals surface area contributed by atoms with Gasteiger partial charge in [-0.25, -0.2) is 9.50 Å². The van der Waals surface area contributed by atoms with Gasteiger partial charge < -0.3 is 0 Å². The van der Waals surface area contributed by atoms with Crippen molar-refractivity contribution >= 4 is 40.4 Å². The fourth-order valence-electron chi connectivity index (χ4n) is 2.04. The maximum Gasteiger partial charge on any atom is 0.166 e. The molecule has 2 aromatic heterocycles. The summed E-state index contributed by atoms with van der Waals surface area (Å²) >= 11 is 18.1. The molecule has 0 saturated carbocycles. The molecule has 0 aliphatic carbocycles. The summed E-state index contributed by atoms with van der Waals surface area (Å²) in [6.07, 6.45) is 0. The van der Waals surface area contributed by atoms with Crippen molar-refractivity contribution in [1.29, 1.82) is 0 Å². The Morgan fingerprint density at radius 2 is 1.89 bits per heavy atom. The molecule has 3 nitrogen and oxygen atoms in total. The zero-order valence-corrected chi connectivity index (χ0v) is 12.1. The van der Waals surface area contributed by atoms with E-state index in [2.05, 4.69) is 10.1 Å². The summed E-state index contributed by atoms with van der Waals surface area (Å²) < 4.78 is 1.57. The molecule has 0 N–H and O–H groups in total. The van der Waals surface area contributed by atoms with E-state index < -0.39 is 0 Å². The number of benzene rings is 1. The van der Waals surface area contributed by atoms with Gasteiger partial charge in [0, 0.05) is 16.7 Å². The lowest BCUT2D eigenvalue weighted by molar-refractivity contribution is 0.918. The maximum absolute atomic E-state index is 6.12. The third-order valence-electron chi connectivity index (χ3n) is 2.80. The summed E-state index contributed by atoms with van der Waals surface area (Å²) in [4.78, 5) is 4.30. The number of aryl methyl sites for hydroxylation is 1. The second kappa shape index (κ2) is 4.67. The van der Waals surface area contributed by atoms with Gasteiger partial charge in [0.2, 0.25) is 0 Å². The molecule has 2 heterocycles. The molecule has 0 bridgehead atoms. The highest BCUT2D eigenvalue weighted by Gasteiger charge is 2.15. The molecule has 0 aliphatic rings. The van der Waals surface area contributed by atoms with Crippen LogP contribution in [-0.4, -0.2) is 14.6 Å². The van der Waals surface area contributed by atoms with Crippen LogP contribution in [0.25, 0.3) is 16.8 Å². The smallest absolute Gasteiger partial charge is 0.166 e. The van der Waals surface area contributed by atoms with Crippen LogP contribution in [0.1, 0.15) is 5.69 Å². The molecule has 3 rings (SSSR count). The Morgan fingerprint density at radius 1 is 1.11 bits per heavy atom. The first-order chi connectivity index (χ1) is 9.06. The molecule has 0 unspecified atom stereocenters. The number of fused-ring (bicyclic) bond motifs is 1. The van der Waals surface area contributed by atoms with Crippen LogP contribution in [0.5, 0.6) is 0 Å². The predicted molar refractivity (Wildman–Crippen MR) is 78.2 cm³/mol. The molecule has 19 heavy (non-hydrogen) atoms. The van der Waals surface area contributed by atoms with Crippen molar-refractivity contribution < 1.29 is 0 Å². The third kappa shape index (κ3) is 2.18. The van der Waals surface area contributed by atoms with E-state index in [-0.39, 0.29) is 0 Å². The van der Waals surface area contributed by atoms with Gasteiger partial charge in [-0.15, -0.1) is 0 Å². The molecule has 6 heteroatoms. The fraction of sp³-hybridized carbons (Fsp3) is 0.0769. The minimum absolute atomic E-state index is 0.334. The molecule has 0 amide bonds. The SMILES string of the molecule is Cc1nn2c(Cl)cc(Cl)nc2c1-c1cccc(Cl)c1. The first-order valence-electron chi connectivity index (χ1n) is 5.53. The van der Waals surface area contributed by atoms with Crippen LogP contribution >= 0.6 is 34.8 Å². The fourth-order valence-corrected chi connectivity index (χ4v) is 2.69. The van der Waals surface area contributed by atoms with Gasteiger partial charge in [0.15, 0.2) is 5.65 Å². The highest BCUT2D eigenvalue weighted by molar-refractivity contribution is 6.33. The van der Waals surface area contributed by atoms with E-state index in [0.717, 1.165) is 16.8 Å². The average Bonchev–Trinajstić information content (AvgIpc) is 2.66. The van der Waals surface area contributed by atoms with E-state index in [9.17, 15) is 0 Å². The third-order valence-corrected chi connectivity index (χ3v) is 3.50. The Kier molecular flexibility index (Phi) is 3.13. The second-order valence-electron chi connectivity index (χ2n) is 4.11. The Balaban J connectivity index is 2.38. The number of hydrogen-bond donors (Lipinski definition) is 0. The van der Waals surface area contributed by atoms with Crippen LogP contribution in [-0.2, 0) is 0 Å². The highest BCUT2D eigenvalue weighted by Crippen LogP contribution is 2.31. The maximum atomic E-state index is 6.12. The van der Waals surface area contributed by atoms with Crippen LogP contribution in [0.4, 0.5) is 0 Å². The van der Waals surface area contributed by atoms with Crippen molar-refractivity contribution in [1.82, 2.24) is 14.6 Å². The quantitative estimate of drug-likeness (QED) is 0.611. The largest absolute Gasteiger partial charge is 0.216 e. The Morgan fingerprint density at radius 3 is 2.63 bits per heavy atom. The first-order valence-corrected chi connectivity index (χ1v) is 6.67. The van der Waals surface area contributed by atoms with E-state index in [1.54, 1.807) is 10.6 Å². The molecular formula is C13H8Cl3N3. The summed E-state index contributed by atoms with van der Waals surface area (Å²) in [5.74, 6) is 0. The number of aromatic nitrogens is 3. The monoisotopic (exact) mass is 311 g/mol. The van der Waals surface area contributed by atoms with Crippen molar-refractivity contribution in [3.63, 3.8) is 0 Å². The molecule has 0 spiro atoms. The van der Waals surface area contributed by atoms with Gasteiger partial charge in [0.05, 0.1) is 5.69 Å². The van der Waals surface area contributed by atoms with Gasteiger partial charge >= 0.3 is 0 Å². The molecule has 0 fully saturated rings. The standard InChI is InChI=1S/C13H8Cl3N3/c1-7-12(8-3-2-4-9(14)5-8)13-17-10(15)6-11(16)19(13)18-7/h2-6H,1H3. The zero-order chi connectivity index (χ0) is 13.6. The topological polar surface area (TPSA) is 30.2 Å². The Hall–Kier alpha value is -1.29. The van der Waals surface area contributed by atoms with Crippen molar-refractivity contribution in [2.24, 2.45) is 0 Å². The summed E-state index contributed by atoms with van der Waals surface area (Å²) in [7, 11) is 0. The van der Waals surface area contributed by atoms with Gasteiger partial charge in [-0.1, -0.05) is 46.9 Å². The molecule has 0 aliphatic heterocycles. The van der Waals surface area contributed by atoms with Gasteiger partial charge in [0.1, 0.15) is 10.3 Å². The highest BCUT2D eigenvalue weighted by atomic mass is 35.5. The zero-order valence-electron chi connectivity index (χ0n) is 9.86. The normalized spacial score (nSPS) is 11.2. The number of hydrogen-bond acceptors (Lipinski definition) is 2. The lowest BCUT2D eigenvalue weighted by Crippen LogP contribution is -1.92. The predicted octanol–water partition coefficient (Wildman–Crippen LogP) is 4.66. The van der Waals surface area contributed by atoms with Crippen molar-refractivity contribution in [2.45, 2.75) is 6.92 Å². The summed E-state index contributed by atoms with van der Waals surface area (Å²) in [6, 6.07) is 9.07. The average molecular weight is 313 g/mol. The van der Waals surface area contributed by atoms with Crippen molar-refractivity contribution in [2.75, 3.05) is 0 Å². The number of rotatable bonds is 1. The lowest BCUT2D eigenvalue weighted by Gasteiger charge is -2.02. The molecular weight excluding hydrogens is 305 g/mol. The van der Waals surface area contributed by atoms with E-state index in [1.165, 1.54) is 0 Å². The minimum Gasteiger partial charge on any atom is -0.216 e. The van der Waals surface area contributed by atoms with Gasteiger partial charge in [0.25, 0.3) is 0 Å². The molecule has 1 aromatic carbocycles. The Bertz CT molecular complexity index is 780.